The number of carbonyl (C=O) groups excluding carboxylic acids is 2. The fourth-order valence-corrected chi connectivity index (χ4v) is 1.77. The maximum absolute atomic E-state index is 11.2. The Balaban J connectivity index is 5.24. The summed E-state index contributed by atoms with van der Waals surface area (Å²) in [5, 5.41) is 0. The lowest BCUT2D eigenvalue weighted by Crippen LogP contribution is -2.46. The lowest BCUT2D eigenvalue weighted by Gasteiger charge is -2.35. The molecule has 0 aromatic rings. The van der Waals surface area contributed by atoms with Gasteiger partial charge in [-0.05, 0) is 18.9 Å². The minimum atomic E-state index is -1.31. The van der Waals surface area contributed by atoms with E-state index in [0.29, 0.717) is 6.42 Å². The molecule has 0 amide bonds. The first-order chi connectivity index (χ1) is 9.45. The van der Waals surface area contributed by atoms with Gasteiger partial charge in [0.1, 0.15) is 0 Å². The van der Waals surface area contributed by atoms with E-state index in [0.717, 1.165) is 12.8 Å². The van der Waals surface area contributed by atoms with E-state index < -0.39 is 23.8 Å². The van der Waals surface area contributed by atoms with Gasteiger partial charge >= 0.3 is 11.9 Å². The molecule has 0 fully saturated rings. The van der Waals surface area contributed by atoms with Crippen molar-refractivity contribution in [1.29, 1.82) is 0 Å². The summed E-state index contributed by atoms with van der Waals surface area (Å²) >= 11 is 0. The first-order valence-electron chi connectivity index (χ1n) is 6.50. The Bertz CT molecular complexity index is 333. The zero-order valence-corrected chi connectivity index (χ0v) is 12.8. The molecule has 0 aliphatic rings. The standard InChI is InChI=1S/C14H24O6/c1-6-7-8-12(20-11(2)15)14(18-4,19-5)10-9-13(16)17-3/h9-10,12H,6-8H2,1-5H3. The highest BCUT2D eigenvalue weighted by molar-refractivity contribution is 5.81. The quantitative estimate of drug-likeness (QED) is 0.366. The number of hydrogen-bond donors (Lipinski definition) is 0. The van der Waals surface area contributed by atoms with Gasteiger partial charge in [-0.15, -0.1) is 0 Å². The molecule has 0 radical (unpaired) electrons. The fraction of sp³-hybridized carbons (Fsp3) is 0.714. The van der Waals surface area contributed by atoms with Gasteiger partial charge in [-0.25, -0.2) is 4.79 Å². The van der Waals surface area contributed by atoms with Gasteiger partial charge in [0.05, 0.1) is 7.11 Å². The summed E-state index contributed by atoms with van der Waals surface area (Å²) in [5.74, 6) is -2.29. The minimum absolute atomic E-state index is 0.434. The Morgan fingerprint density at radius 3 is 2.20 bits per heavy atom. The molecule has 0 aliphatic carbocycles. The molecule has 0 aromatic heterocycles. The van der Waals surface area contributed by atoms with Gasteiger partial charge in [0, 0.05) is 27.2 Å². The molecule has 0 rings (SSSR count). The summed E-state index contributed by atoms with van der Waals surface area (Å²) < 4.78 is 20.5. The first-order valence-corrected chi connectivity index (χ1v) is 6.50. The molecule has 20 heavy (non-hydrogen) atoms. The lowest BCUT2D eigenvalue weighted by molar-refractivity contribution is -0.237. The van der Waals surface area contributed by atoms with E-state index in [2.05, 4.69) is 4.74 Å². The zero-order chi connectivity index (χ0) is 15.6. The highest BCUT2D eigenvalue weighted by atomic mass is 16.7. The van der Waals surface area contributed by atoms with E-state index in [1.807, 2.05) is 6.92 Å². The normalized spacial score (nSPS) is 13.2. The number of ether oxygens (including phenoxy) is 4. The van der Waals surface area contributed by atoms with Crippen molar-refractivity contribution in [2.75, 3.05) is 21.3 Å². The Labute approximate surface area is 120 Å². The van der Waals surface area contributed by atoms with Gasteiger partial charge in [-0.3, -0.25) is 4.79 Å². The van der Waals surface area contributed by atoms with Gasteiger partial charge < -0.3 is 18.9 Å². The third-order valence-corrected chi connectivity index (χ3v) is 2.87. The molecular formula is C14H24O6. The third kappa shape index (κ3) is 5.71. The molecule has 6 nitrogen and oxygen atoms in total. The smallest absolute Gasteiger partial charge is 0.330 e. The van der Waals surface area contributed by atoms with Crippen LogP contribution in [0.5, 0.6) is 0 Å². The molecule has 116 valence electrons. The number of hydrogen-bond acceptors (Lipinski definition) is 6. The molecule has 0 aromatic carbocycles. The van der Waals surface area contributed by atoms with Crippen LogP contribution in [0.2, 0.25) is 0 Å². The van der Waals surface area contributed by atoms with E-state index in [-0.39, 0.29) is 0 Å². The molecule has 0 spiro atoms. The van der Waals surface area contributed by atoms with Gasteiger partial charge in [0.15, 0.2) is 6.10 Å². The van der Waals surface area contributed by atoms with E-state index in [1.54, 1.807) is 0 Å². The monoisotopic (exact) mass is 288 g/mol. The van der Waals surface area contributed by atoms with Gasteiger partial charge in [0.2, 0.25) is 5.79 Å². The Morgan fingerprint density at radius 1 is 1.20 bits per heavy atom. The topological polar surface area (TPSA) is 71.1 Å². The molecule has 1 atom stereocenters. The van der Waals surface area contributed by atoms with Gasteiger partial charge in [-0.2, -0.15) is 0 Å². The second kappa shape index (κ2) is 9.50. The second-order valence-corrected chi connectivity index (χ2v) is 4.23. The average molecular weight is 288 g/mol. The van der Waals surface area contributed by atoms with Crippen LogP contribution in [-0.4, -0.2) is 45.2 Å². The predicted octanol–water partition coefficient (Wildman–Crippen LogP) is 1.83. The molecule has 0 heterocycles. The second-order valence-electron chi connectivity index (χ2n) is 4.23. The third-order valence-electron chi connectivity index (χ3n) is 2.87. The van der Waals surface area contributed by atoms with Crippen molar-refractivity contribution in [3.63, 3.8) is 0 Å². The van der Waals surface area contributed by atoms with Crippen LogP contribution < -0.4 is 0 Å². The molecule has 1 unspecified atom stereocenters. The van der Waals surface area contributed by atoms with Crippen molar-refractivity contribution in [3.8, 4) is 0 Å². The highest BCUT2D eigenvalue weighted by Gasteiger charge is 2.39. The summed E-state index contributed by atoms with van der Waals surface area (Å²) in [6, 6.07) is 0. The Kier molecular flexibility index (Phi) is 8.83. The zero-order valence-electron chi connectivity index (χ0n) is 12.8. The number of methoxy groups -OCH3 is 3. The largest absolute Gasteiger partial charge is 0.466 e. The van der Waals surface area contributed by atoms with E-state index in [9.17, 15) is 9.59 Å². The number of rotatable bonds is 9. The van der Waals surface area contributed by atoms with Crippen molar-refractivity contribution in [1.82, 2.24) is 0 Å². The molecule has 0 saturated heterocycles. The van der Waals surface area contributed by atoms with Crippen LogP contribution in [0.25, 0.3) is 0 Å². The molecule has 0 N–H and O–H groups in total. The number of esters is 2. The molecule has 0 bridgehead atoms. The molecular weight excluding hydrogens is 264 g/mol. The summed E-state index contributed by atoms with van der Waals surface area (Å²) in [7, 11) is 4.12. The maximum Gasteiger partial charge on any atom is 0.330 e. The summed E-state index contributed by atoms with van der Waals surface area (Å²) in [4.78, 5) is 22.5. The fourth-order valence-electron chi connectivity index (χ4n) is 1.77. The summed E-state index contributed by atoms with van der Waals surface area (Å²) in [5.41, 5.74) is 0. The van der Waals surface area contributed by atoms with Gasteiger partial charge in [-0.1, -0.05) is 13.3 Å². The Hall–Kier alpha value is -1.40. The maximum atomic E-state index is 11.2. The minimum Gasteiger partial charge on any atom is -0.466 e. The lowest BCUT2D eigenvalue weighted by atomic mass is 10.0. The Morgan fingerprint density at radius 2 is 1.80 bits per heavy atom. The predicted molar refractivity (Wildman–Crippen MR) is 73.0 cm³/mol. The van der Waals surface area contributed by atoms with E-state index in [4.69, 9.17) is 14.2 Å². The van der Waals surface area contributed by atoms with Crippen molar-refractivity contribution >= 4 is 11.9 Å². The van der Waals surface area contributed by atoms with Crippen LogP contribution >= 0.6 is 0 Å². The van der Waals surface area contributed by atoms with Crippen LogP contribution in [0, 0.1) is 0 Å². The highest BCUT2D eigenvalue weighted by Crippen LogP contribution is 2.26. The molecule has 0 saturated carbocycles. The molecule has 0 aliphatic heterocycles. The first kappa shape index (κ1) is 18.6. The van der Waals surface area contributed by atoms with Crippen LogP contribution in [0.1, 0.15) is 33.1 Å². The van der Waals surface area contributed by atoms with Crippen LogP contribution in [0.4, 0.5) is 0 Å². The number of unbranched alkanes of at least 4 members (excludes halogenated alkanes) is 1. The summed E-state index contributed by atoms with van der Waals surface area (Å²) in [6.45, 7) is 3.34. The van der Waals surface area contributed by atoms with E-state index >= 15 is 0 Å². The van der Waals surface area contributed by atoms with Gasteiger partial charge in [0.25, 0.3) is 0 Å². The molecule has 6 heteroatoms. The van der Waals surface area contributed by atoms with Crippen molar-refractivity contribution in [2.24, 2.45) is 0 Å². The van der Waals surface area contributed by atoms with Crippen molar-refractivity contribution in [2.45, 2.75) is 45.0 Å². The van der Waals surface area contributed by atoms with E-state index in [1.165, 1.54) is 40.4 Å². The summed E-state index contributed by atoms with van der Waals surface area (Å²) in [6.07, 6.45) is 4.28. The van der Waals surface area contributed by atoms with Crippen LogP contribution in [0.15, 0.2) is 12.2 Å². The SMILES string of the molecule is CCCCC(OC(C)=O)C(C=CC(=O)OC)(OC)OC. The van der Waals surface area contributed by atoms with Crippen molar-refractivity contribution in [3.05, 3.63) is 12.2 Å². The average Bonchev–Trinajstić information content (AvgIpc) is 2.44. The van der Waals surface area contributed by atoms with Crippen LogP contribution in [0.3, 0.4) is 0 Å². The number of carbonyl (C=O) groups is 2. The van der Waals surface area contributed by atoms with Crippen molar-refractivity contribution < 1.29 is 28.5 Å². The van der Waals surface area contributed by atoms with Crippen LogP contribution in [-0.2, 0) is 28.5 Å².